The summed E-state index contributed by atoms with van der Waals surface area (Å²) in [7, 11) is 1.63. The molecule has 0 saturated heterocycles. The van der Waals surface area contributed by atoms with Crippen LogP contribution >= 0.6 is 27.3 Å². The van der Waals surface area contributed by atoms with Crippen LogP contribution in [-0.2, 0) is 9.59 Å². The molecule has 1 aliphatic heterocycles. The molecule has 1 aliphatic carbocycles. The molecule has 0 spiro atoms. The molecular weight excluding hydrogens is 500 g/mol. The van der Waals surface area contributed by atoms with Crippen LogP contribution in [0, 0.1) is 12.3 Å². The average molecular weight is 525 g/mol. The predicted octanol–water partition coefficient (Wildman–Crippen LogP) is 6.54. The molecule has 2 aromatic carbocycles. The van der Waals surface area contributed by atoms with Gasteiger partial charge in [0.05, 0.1) is 17.3 Å². The number of hydrogen-bond donors (Lipinski definition) is 0. The van der Waals surface area contributed by atoms with Gasteiger partial charge in [-0.25, -0.2) is 4.98 Å². The van der Waals surface area contributed by atoms with E-state index < -0.39 is 0 Å². The molecule has 1 aromatic heterocycles. The lowest BCUT2D eigenvalue weighted by Gasteiger charge is -2.42. The molecule has 170 valence electrons. The number of thiazole rings is 1. The van der Waals surface area contributed by atoms with Gasteiger partial charge in [-0.15, -0.1) is 0 Å². The van der Waals surface area contributed by atoms with Crippen molar-refractivity contribution in [3.8, 4) is 5.75 Å². The van der Waals surface area contributed by atoms with Crippen LogP contribution in [0.3, 0.4) is 0 Å². The van der Waals surface area contributed by atoms with Crippen molar-refractivity contribution in [1.82, 2.24) is 4.98 Å². The third-order valence-corrected chi connectivity index (χ3v) is 7.94. The van der Waals surface area contributed by atoms with Gasteiger partial charge in [0.2, 0.25) is 5.91 Å². The maximum absolute atomic E-state index is 13.6. The van der Waals surface area contributed by atoms with Crippen LogP contribution in [0.2, 0.25) is 0 Å². The van der Waals surface area contributed by atoms with Gasteiger partial charge >= 0.3 is 0 Å². The Morgan fingerprint density at radius 1 is 1.15 bits per heavy atom. The quantitative estimate of drug-likeness (QED) is 0.390. The van der Waals surface area contributed by atoms with Crippen LogP contribution in [0.5, 0.6) is 5.75 Å². The van der Waals surface area contributed by atoms with E-state index in [9.17, 15) is 9.59 Å². The first-order valence-electron chi connectivity index (χ1n) is 11.0. The summed E-state index contributed by atoms with van der Waals surface area (Å²) in [5.41, 5.74) is 4.27. The molecule has 33 heavy (non-hydrogen) atoms. The van der Waals surface area contributed by atoms with Gasteiger partial charge in [-0.3, -0.25) is 14.5 Å². The first-order chi connectivity index (χ1) is 15.7. The summed E-state index contributed by atoms with van der Waals surface area (Å²) < 4.78 is 7.30. The van der Waals surface area contributed by atoms with E-state index in [1.54, 1.807) is 12.0 Å². The van der Waals surface area contributed by atoms with Crippen molar-refractivity contribution in [1.29, 1.82) is 0 Å². The second-order valence-electron chi connectivity index (χ2n) is 9.63. The Morgan fingerprint density at radius 3 is 2.58 bits per heavy atom. The summed E-state index contributed by atoms with van der Waals surface area (Å²) in [5.74, 6) is 0.614. The molecule has 0 saturated carbocycles. The van der Waals surface area contributed by atoms with Gasteiger partial charge in [-0.2, -0.15) is 0 Å². The average Bonchev–Trinajstić information content (AvgIpc) is 3.16. The Balaban J connectivity index is 1.68. The van der Waals surface area contributed by atoms with E-state index >= 15 is 0 Å². The van der Waals surface area contributed by atoms with Crippen molar-refractivity contribution in [3.05, 3.63) is 63.3 Å². The zero-order chi connectivity index (χ0) is 23.5. The normalized spacial score (nSPS) is 20.4. The van der Waals surface area contributed by atoms with E-state index in [4.69, 9.17) is 9.72 Å². The molecule has 1 unspecified atom stereocenters. The van der Waals surface area contributed by atoms with E-state index in [2.05, 4.69) is 29.8 Å². The number of allylic oxidation sites excluding steroid dienone is 2. The number of carbonyl (C=O) groups is 2. The van der Waals surface area contributed by atoms with Gasteiger partial charge < -0.3 is 4.74 Å². The number of aryl methyl sites for hydroxylation is 1. The molecule has 0 N–H and O–H groups in total. The van der Waals surface area contributed by atoms with Gasteiger partial charge in [0.25, 0.3) is 0 Å². The number of benzene rings is 2. The van der Waals surface area contributed by atoms with E-state index in [1.165, 1.54) is 11.3 Å². The van der Waals surface area contributed by atoms with Crippen LogP contribution in [0.25, 0.3) is 10.2 Å². The number of halogens is 1. The minimum absolute atomic E-state index is 0.0177. The zero-order valence-electron chi connectivity index (χ0n) is 19.1. The smallest absolute Gasteiger partial charge is 0.234 e. The number of fused-ring (bicyclic) bond motifs is 1. The molecule has 1 amide bonds. The molecular formula is C26H25BrN2O3S. The summed E-state index contributed by atoms with van der Waals surface area (Å²) in [6.45, 7) is 6.20. The maximum atomic E-state index is 13.6. The topological polar surface area (TPSA) is 59.5 Å². The maximum Gasteiger partial charge on any atom is 0.234 e. The second-order valence-corrected chi connectivity index (χ2v) is 11.6. The highest BCUT2D eigenvalue weighted by Gasteiger charge is 2.45. The Labute approximate surface area is 205 Å². The first kappa shape index (κ1) is 22.3. The fourth-order valence-corrected chi connectivity index (χ4v) is 6.85. The van der Waals surface area contributed by atoms with Gasteiger partial charge in [0, 0.05) is 34.5 Å². The number of hydrogen-bond acceptors (Lipinski definition) is 5. The Hall–Kier alpha value is -2.51. The fourth-order valence-electron chi connectivity index (χ4n) is 5.00. The number of methoxy groups -OCH3 is 1. The van der Waals surface area contributed by atoms with E-state index in [0.717, 1.165) is 42.8 Å². The predicted molar refractivity (Wildman–Crippen MR) is 135 cm³/mol. The summed E-state index contributed by atoms with van der Waals surface area (Å²) >= 11 is 5.05. The third-order valence-electron chi connectivity index (χ3n) is 6.49. The van der Waals surface area contributed by atoms with Crippen LogP contribution in [-0.4, -0.2) is 23.8 Å². The van der Waals surface area contributed by atoms with Crippen molar-refractivity contribution >= 4 is 54.3 Å². The van der Waals surface area contributed by atoms with Gasteiger partial charge in [0.1, 0.15) is 5.75 Å². The largest absolute Gasteiger partial charge is 0.497 e. The number of nitrogens with zero attached hydrogens (tertiary/aromatic N) is 2. The first-order valence-corrected chi connectivity index (χ1v) is 12.6. The van der Waals surface area contributed by atoms with E-state index in [0.29, 0.717) is 18.0 Å². The highest BCUT2D eigenvalue weighted by molar-refractivity contribution is 9.10. The molecule has 7 heteroatoms. The van der Waals surface area contributed by atoms with Crippen molar-refractivity contribution in [2.24, 2.45) is 5.41 Å². The number of ether oxygens (including phenoxy) is 1. The highest BCUT2D eigenvalue weighted by atomic mass is 79.9. The van der Waals surface area contributed by atoms with Crippen LogP contribution < -0.4 is 9.64 Å². The summed E-state index contributed by atoms with van der Waals surface area (Å²) in [6.07, 6.45) is 1.38. The van der Waals surface area contributed by atoms with Crippen molar-refractivity contribution in [2.45, 2.75) is 46.0 Å². The number of Topliss-reactive ketones (excluding diaryl/α,β-unsaturated/α-hetero) is 1. The zero-order valence-corrected chi connectivity index (χ0v) is 21.5. The van der Waals surface area contributed by atoms with Crippen LogP contribution in [0.1, 0.15) is 50.2 Å². The summed E-state index contributed by atoms with van der Waals surface area (Å²) in [6, 6.07) is 11.8. The number of carbonyl (C=O) groups excluding carboxylic acids is 2. The Kier molecular flexibility index (Phi) is 5.45. The SMILES string of the molecule is COc1ccc(C2CC(=O)N(c3nc4c(C)cc(Br)cc4s3)C3=C2C(=O)CC(C)(C)C3)cc1. The lowest BCUT2D eigenvalue weighted by molar-refractivity contribution is -0.121. The highest BCUT2D eigenvalue weighted by Crippen LogP contribution is 2.49. The molecule has 2 aliphatic rings. The Morgan fingerprint density at radius 2 is 1.88 bits per heavy atom. The number of ketones is 1. The second kappa shape index (κ2) is 8.06. The van der Waals surface area contributed by atoms with Crippen molar-refractivity contribution in [3.63, 3.8) is 0 Å². The Bertz CT molecular complexity index is 1320. The lowest BCUT2D eigenvalue weighted by atomic mass is 9.69. The number of rotatable bonds is 3. The van der Waals surface area contributed by atoms with E-state index in [-0.39, 0.29) is 29.4 Å². The van der Waals surface area contributed by atoms with Crippen LogP contribution in [0.15, 0.2) is 52.1 Å². The standard InChI is InChI=1S/C26H25BrN2O3S/c1-14-9-16(27)10-21-24(14)28-25(33-21)29-19-12-26(2,3)13-20(30)23(19)18(11-22(29)31)15-5-7-17(32-4)8-6-15/h5-10,18H,11-13H2,1-4H3. The summed E-state index contributed by atoms with van der Waals surface area (Å²) in [4.78, 5) is 33.7. The fraction of sp³-hybridized carbons (Fsp3) is 0.346. The number of anilines is 1. The molecule has 5 nitrogen and oxygen atoms in total. The van der Waals surface area contributed by atoms with Crippen molar-refractivity contribution in [2.75, 3.05) is 12.0 Å². The summed E-state index contributed by atoms with van der Waals surface area (Å²) in [5, 5.41) is 0.641. The number of aromatic nitrogens is 1. The minimum atomic E-state index is -0.247. The monoisotopic (exact) mass is 524 g/mol. The molecule has 0 bridgehead atoms. The minimum Gasteiger partial charge on any atom is -0.497 e. The molecule has 5 rings (SSSR count). The van der Waals surface area contributed by atoms with Gasteiger partial charge in [-0.05, 0) is 54.2 Å². The lowest BCUT2D eigenvalue weighted by Crippen LogP contribution is -2.43. The molecule has 0 fully saturated rings. The molecule has 3 aromatic rings. The third kappa shape index (κ3) is 3.91. The van der Waals surface area contributed by atoms with E-state index in [1.807, 2.05) is 43.3 Å². The number of amides is 1. The van der Waals surface area contributed by atoms with Gasteiger partial charge in [0.15, 0.2) is 10.9 Å². The molecule has 1 atom stereocenters. The van der Waals surface area contributed by atoms with Crippen LogP contribution in [0.4, 0.5) is 5.13 Å². The molecule has 2 heterocycles. The van der Waals surface area contributed by atoms with Gasteiger partial charge in [-0.1, -0.05) is 53.2 Å². The van der Waals surface area contributed by atoms with Crippen molar-refractivity contribution < 1.29 is 14.3 Å². The molecule has 0 radical (unpaired) electrons.